The van der Waals surface area contributed by atoms with E-state index in [4.69, 9.17) is 9.47 Å². The SMILES string of the molecule is COC(=O)CCC[C@H](NC(=O)OCc1ccccc1)C1CCCCC1.O=C1CCC[C@@H](C2CCCCC2)N1. The number of amides is 2. The molecular weight excluding hydrogens is 480 g/mol. The first-order chi connectivity index (χ1) is 18.5. The zero-order valence-corrected chi connectivity index (χ0v) is 23.3. The van der Waals surface area contributed by atoms with Gasteiger partial charge in [0.15, 0.2) is 0 Å². The lowest BCUT2D eigenvalue weighted by atomic mass is 9.81. The summed E-state index contributed by atoms with van der Waals surface area (Å²) in [5, 5.41) is 6.18. The Labute approximate surface area is 228 Å². The zero-order chi connectivity index (χ0) is 27.0. The van der Waals surface area contributed by atoms with Gasteiger partial charge in [0.2, 0.25) is 5.91 Å². The minimum Gasteiger partial charge on any atom is -0.469 e. The predicted octanol–water partition coefficient (Wildman–Crippen LogP) is 6.44. The van der Waals surface area contributed by atoms with E-state index in [2.05, 4.69) is 10.6 Å². The molecular formula is C31H48N2O5. The number of benzene rings is 1. The number of ether oxygens (including phenoxy) is 2. The van der Waals surface area contributed by atoms with E-state index in [9.17, 15) is 14.4 Å². The molecule has 3 aliphatic rings. The maximum Gasteiger partial charge on any atom is 0.407 e. The van der Waals surface area contributed by atoms with Crippen molar-refractivity contribution in [1.82, 2.24) is 10.6 Å². The smallest absolute Gasteiger partial charge is 0.407 e. The maximum atomic E-state index is 12.2. The van der Waals surface area contributed by atoms with Gasteiger partial charge in [-0.25, -0.2) is 4.79 Å². The lowest BCUT2D eigenvalue weighted by Gasteiger charge is -2.33. The first-order valence-electron chi connectivity index (χ1n) is 14.9. The molecule has 38 heavy (non-hydrogen) atoms. The van der Waals surface area contributed by atoms with E-state index >= 15 is 0 Å². The van der Waals surface area contributed by atoms with Crippen LogP contribution in [0.15, 0.2) is 30.3 Å². The van der Waals surface area contributed by atoms with Crippen LogP contribution in [-0.2, 0) is 25.7 Å². The number of carbonyl (C=O) groups is 3. The number of carbonyl (C=O) groups excluding carboxylic acids is 3. The molecule has 0 bridgehead atoms. The molecule has 0 aromatic heterocycles. The molecule has 7 heteroatoms. The molecule has 1 saturated heterocycles. The van der Waals surface area contributed by atoms with Gasteiger partial charge in [0.1, 0.15) is 6.61 Å². The summed E-state index contributed by atoms with van der Waals surface area (Å²) in [6.07, 6.45) is 17.3. The highest BCUT2D eigenvalue weighted by Gasteiger charge is 2.27. The normalized spacial score (nSPS) is 21.3. The Kier molecular flexibility index (Phi) is 13.5. The van der Waals surface area contributed by atoms with Crippen LogP contribution in [0.3, 0.4) is 0 Å². The first-order valence-corrected chi connectivity index (χ1v) is 14.9. The second-order valence-electron chi connectivity index (χ2n) is 11.1. The van der Waals surface area contributed by atoms with Gasteiger partial charge in [-0.3, -0.25) is 9.59 Å². The summed E-state index contributed by atoms with van der Waals surface area (Å²) < 4.78 is 10.1. The molecule has 2 N–H and O–H groups in total. The van der Waals surface area contributed by atoms with Crippen molar-refractivity contribution in [2.45, 2.75) is 121 Å². The van der Waals surface area contributed by atoms with Crippen LogP contribution in [0, 0.1) is 11.8 Å². The minimum absolute atomic E-state index is 0.0632. The van der Waals surface area contributed by atoms with Gasteiger partial charge in [0.05, 0.1) is 7.11 Å². The van der Waals surface area contributed by atoms with Gasteiger partial charge in [-0.2, -0.15) is 0 Å². The Morgan fingerprint density at radius 2 is 1.63 bits per heavy atom. The molecule has 0 spiro atoms. The van der Waals surface area contributed by atoms with E-state index in [1.807, 2.05) is 30.3 Å². The van der Waals surface area contributed by atoms with Crippen LogP contribution in [0.4, 0.5) is 4.79 Å². The Morgan fingerprint density at radius 3 is 2.29 bits per heavy atom. The van der Waals surface area contributed by atoms with E-state index in [1.54, 1.807) is 0 Å². The number of hydrogen-bond acceptors (Lipinski definition) is 5. The van der Waals surface area contributed by atoms with E-state index in [0.29, 0.717) is 24.8 Å². The van der Waals surface area contributed by atoms with Gasteiger partial charge in [0, 0.05) is 24.9 Å². The molecule has 1 aliphatic heterocycles. The minimum atomic E-state index is -0.377. The van der Waals surface area contributed by atoms with Crippen molar-refractivity contribution in [3.05, 3.63) is 35.9 Å². The molecule has 2 aliphatic carbocycles. The molecule has 2 amide bonds. The highest BCUT2D eigenvalue weighted by Crippen LogP contribution is 2.30. The fourth-order valence-corrected chi connectivity index (χ4v) is 6.17. The number of rotatable bonds is 9. The summed E-state index contributed by atoms with van der Waals surface area (Å²) in [5.41, 5.74) is 0.970. The largest absolute Gasteiger partial charge is 0.469 e. The number of esters is 1. The lowest BCUT2D eigenvalue weighted by molar-refractivity contribution is -0.140. The monoisotopic (exact) mass is 528 g/mol. The second kappa shape index (κ2) is 17.1. The number of piperidine rings is 1. The van der Waals surface area contributed by atoms with Crippen molar-refractivity contribution < 1.29 is 23.9 Å². The number of hydrogen-bond donors (Lipinski definition) is 2. The molecule has 2 saturated carbocycles. The van der Waals surface area contributed by atoms with Crippen LogP contribution in [0.5, 0.6) is 0 Å². The predicted molar refractivity (Wildman–Crippen MR) is 148 cm³/mol. The Hall–Kier alpha value is -2.57. The quantitative estimate of drug-likeness (QED) is 0.360. The Balaban J connectivity index is 0.000000256. The van der Waals surface area contributed by atoms with Gasteiger partial charge in [0.25, 0.3) is 0 Å². The summed E-state index contributed by atoms with van der Waals surface area (Å²) in [6, 6.07) is 10.2. The van der Waals surface area contributed by atoms with Crippen molar-refractivity contribution in [3.63, 3.8) is 0 Å². The third-order valence-corrected chi connectivity index (χ3v) is 8.34. The summed E-state index contributed by atoms with van der Waals surface area (Å²) in [7, 11) is 1.40. The molecule has 4 rings (SSSR count). The topological polar surface area (TPSA) is 93.7 Å². The van der Waals surface area contributed by atoms with Gasteiger partial charge >= 0.3 is 12.1 Å². The first kappa shape index (κ1) is 30.0. The lowest BCUT2D eigenvalue weighted by Crippen LogP contribution is -2.44. The van der Waals surface area contributed by atoms with Crippen LogP contribution in [0.2, 0.25) is 0 Å². The van der Waals surface area contributed by atoms with Crippen LogP contribution in [-0.4, -0.2) is 37.2 Å². The molecule has 1 aromatic carbocycles. The summed E-state index contributed by atoms with van der Waals surface area (Å²) in [6.45, 7) is 0.270. The Bertz CT molecular complexity index is 834. The van der Waals surface area contributed by atoms with Crippen LogP contribution < -0.4 is 10.6 Å². The van der Waals surface area contributed by atoms with Gasteiger partial charge < -0.3 is 20.1 Å². The summed E-state index contributed by atoms with van der Waals surface area (Å²) in [5.74, 6) is 1.34. The van der Waals surface area contributed by atoms with Gasteiger partial charge in [-0.15, -0.1) is 0 Å². The van der Waals surface area contributed by atoms with Crippen LogP contribution in [0.25, 0.3) is 0 Å². The van der Waals surface area contributed by atoms with Gasteiger partial charge in [-0.05, 0) is 68.8 Å². The average molecular weight is 529 g/mol. The van der Waals surface area contributed by atoms with Crippen molar-refractivity contribution in [3.8, 4) is 0 Å². The van der Waals surface area contributed by atoms with Crippen molar-refractivity contribution in [2.75, 3.05) is 7.11 Å². The third-order valence-electron chi connectivity index (χ3n) is 8.34. The molecule has 212 valence electrons. The molecule has 1 heterocycles. The van der Waals surface area contributed by atoms with Crippen molar-refractivity contribution in [2.24, 2.45) is 11.8 Å². The van der Waals surface area contributed by atoms with Crippen LogP contribution in [0.1, 0.15) is 108 Å². The van der Waals surface area contributed by atoms with Crippen molar-refractivity contribution >= 4 is 18.0 Å². The fourth-order valence-electron chi connectivity index (χ4n) is 6.17. The Morgan fingerprint density at radius 1 is 0.947 bits per heavy atom. The number of alkyl carbamates (subject to hydrolysis) is 1. The van der Waals surface area contributed by atoms with E-state index in [0.717, 1.165) is 43.6 Å². The highest BCUT2D eigenvalue weighted by molar-refractivity contribution is 5.77. The standard InChI is InChI=1S/C20H29NO4.C11H19NO/c1-24-19(22)14-8-13-18(17-11-6-3-7-12-17)21-20(23)25-15-16-9-4-2-5-10-16;13-11-8-4-7-10(12-11)9-5-2-1-3-6-9/h2,4-5,9-10,17-18H,3,6-8,11-15H2,1H3,(H,21,23);9-10H,1-8H2,(H,12,13)/t18-;10-/m00/s1. The van der Waals surface area contributed by atoms with Crippen LogP contribution >= 0.6 is 0 Å². The summed E-state index contributed by atoms with van der Waals surface area (Å²) in [4.78, 5) is 34.7. The van der Waals surface area contributed by atoms with E-state index < -0.39 is 0 Å². The number of methoxy groups -OCH3 is 1. The molecule has 3 fully saturated rings. The molecule has 1 aromatic rings. The summed E-state index contributed by atoms with van der Waals surface area (Å²) >= 11 is 0. The maximum absolute atomic E-state index is 12.2. The molecule has 2 atom stereocenters. The molecule has 0 unspecified atom stereocenters. The van der Waals surface area contributed by atoms with Gasteiger partial charge in [-0.1, -0.05) is 68.9 Å². The second-order valence-corrected chi connectivity index (χ2v) is 11.1. The molecule has 7 nitrogen and oxygen atoms in total. The average Bonchev–Trinajstić information content (AvgIpc) is 2.97. The number of nitrogens with one attached hydrogen (secondary N) is 2. The molecule has 0 radical (unpaired) electrons. The van der Waals surface area contributed by atoms with E-state index in [1.165, 1.54) is 64.9 Å². The zero-order valence-electron chi connectivity index (χ0n) is 23.3. The highest BCUT2D eigenvalue weighted by atomic mass is 16.5. The third kappa shape index (κ3) is 11.0. The van der Waals surface area contributed by atoms with Crippen molar-refractivity contribution in [1.29, 1.82) is 0 Å². The van der Waals surface area contributed by atoms with E-state index in [-0.39, 0.29) is 30.6 Å². The fraction of sp³-hybridized carbons (Fsp3) is 0.710.